The molecule has 0 fully saturated rings. The topological polar surface area (TPSA) is 0 Å². The van der Waals surface area contributed by atoms with E-state index in [1.165, 1.54) is 50.1 Å². The predicted octanol–water partition coefficient (Wildman–Crippen LogP) is 8.31. The minimum atomic E-state index is 0.374. The van der Waals surface area contributed by atoms with Crippen LogP contribution in [-0.2, 0) is 6.42 Å². The van der Waals surface area contributed by atoms with Crippen molar-refractivity contribution < 1.29 is 0 Å². The summed E-state index contributed by atoms with van der Waals surface area (Å²) in [7, 11) is 0. The SMILES string of the molecule is C=CCCCC(c1cccc2c1Cc1ccccc1-2)C1c2c[c]ccc2-c2ccccc21. The van der Waals surface area contributed by atoms with Crippen LogP contribution in [0.3, 0.4) is 0 Å². The van der Waals surface area contributed by atoms with Crippen LogP contribution in [0.25, 0.3) is 22.3 Å². The number of allylic oxidation sites excluding steroid dienone is 1. The highest BCUT2D eigenvalue weighted by atomic mass is 14.4. The monoisotopic (exact) mass is 411 g/mol. The lowest BCUT2D eigenvalue weighted by Crippen LogP contribution is -2.13. The number of benzene rings is 4. The fourth-order valence-electron chi connectivity index (χ4n) is 6.07. The Morgan fingerprint density at radius 2 is 1.62 bits per heavy atom. The second kappa shape index (κ2) is 7.95. The molecule has 1 radical (unpaired) electrons. The van der Waals surface area contributed by atoms with Gasteiger partial charge in [0.25, 0.3) is 0 Å². The van der Waals surface area contributed by atoms with E-state index in [1.807, 2.05) is 0 Å². The summed E-state index contributed by atoms with van der Waals surface area (Å²) in [5, 5.41) is 0. The summed E-state index contributed by atoms with van der Waals surface area (Å²) in [6.07, 6.45) is 6.49. The summed E-state index contributed by atoms with van der Waals surface area (Å²) in [6.45, 7) is 3.98. The van der Waals surface area contributed by atoms with Gasteiger partial charge in [-0.05, 0) is 93.8 Å². The first-order chi connectivity index (χ1) is 15.9. The van der Waals surface area contributed by atoms with Crippen LogP contribution in [0.5, 0.6) is 0 Å². The summed E-state index contributed by atoms with van der Waals surface area (Å²) in [5.41, 5.74) is 13.0. The molecule has 2 unspecified atom stereocenters. The Morgan fingerprint density at radius 3 is 2.53 bits per heavy atom. The van der Waals surface area contributed by atoms with Crippen LogP contribution in [0.15, 0.2) is 97.6 Å². The zero-order valence-electron chi connectivity index (χ0n) is 18.4. The van der Waals surface area contributed by atoms with E-state index in [9.17, 15) is 0 Å². The first-order valence-electron chi connectivity index (χ1n) is 11.8. The predicted molar refractivity (Wildman–Crippen MR) is 134 cm³/mol. The van der Waals surface area contributed by atoms with Crippen molar-refractivity contribution in [3.63, 3.8) is 0 Å². The van der Waals surface area contributed by atoms with Crippen molar-refractivity contribution in [2.45, 2.75) is 37.5 Å². The lowest BCUT2D eigenvalue weighted by molar-refractivity contribution is 0.543. The fraction of sp³-hybridized carbons (Fsp3) is 0.188. The Balaban J connectivity index is 1.52. The summed E-state index contributed by atoms with van der Waals surface area (Å²) >= 11 is 0. The normalized spacial score (nSPS) is 14.4. The molecule has 2 atom stereocenters. The molecule has 4 aromatic rings. The van der Waals surface area contributed by atoms with Gasteiger partial charge in [-0.3, -0.25) is 0 Å². The van der Waals surface area contributed by atoms with Gasteiger partial charge in [0, 0.05) is 5.92 Å². The summed E-state index contributed by atoms with van der Waals surface area (Å²) in [5.74, 6) is 0.816. The van der Waals surface area contributed by atoms with Crippen molar-refractivity contribution in [3.8, 4) is 22.3 Å². The number of hydrogen-bond donors (Lipinski definition) is 0. The number of fused-ring (bicyclic) bond motifs is 6. The number of hydrogen-bond acceptors (Lipinski definition) is 0. The smallest absolute Gasteiger partial charge is 0.0171 e. The average molecular weight is 412 g/mol. The molecule has 6 rings (SSSR count). The zero-order valence-corrected chi connectivity index (χ0v) is 18.4. The van der Waals surface area contributed by atoms with E-state index in [0.29, 0.717) is 11.8 Å². The largest absolute Gasteiger partial charge is 0.103 e. The van der Waals surface area contributed by atoms with Crippen LogP contribution in [0.2, 0.25) is 0 Å². The Morgan fingerprint density at radius 1 is 0.844 bits per heavy atom. The van der Waals surface area contributed by atoms with Crippen molar-refractivity contribution in [1.29, 1.82) is 0 Å². The van der Waals surface area contributed by atoms with Gasteiger partial charge in [0.05, 0.1) is 0 Å². The number of unbranched alkanes of at least 4 members (excludes halogenated alkanes) is 1. The van der Waals surface area contributed by atoms with Gasteiger partial charge in [-0.15, -0.1) is 6.58 Å². The molecule has 0 saturated heterocycles. The van der Waals surface area contributed by atoms with Gasteiger partial charge >= 0.3 is 0 Å². The van der Waals surface area contributed by atoms with Crippen LogP contribution in [0, 0.1) is 6.07 Å². The van der Waals surface area contributed by atoms with Gasteiger partial charge < -0.3 is 0 Å². The van der Waals surface area contributed by atoms with E-state index >= 15 is 0 Å². The second-order valence-electron chi connectivity index (χ2n) is 9.11. The van der Waals surface area contributed by atoms with E-state index in [-0.39, 0.29) is 0 Å². The van der Waals surface area contributed by atoms with Crippen molar-refractivity contribution in [3.05, 3.63) is 131 Å². The van der Waals surface area contributed by atoms with Gasteiger partial charge in [0.15, 0.2) is 0 Å². The lowest BCUT2D eigenvalue weighted by Gasteiger charge is -2.28. The van der Waals surface area contributed by atoms with Crippen molar-refractivity contribution in [2.24, 2.45) is 0 Å². The minimum absolute atomic E-state index is 0.374. The third-order valence-corrected chi connectivity index (χ3v) is 7.43. The van der Waals surface area contributed by atoms with Gasteiger partial charge in [-0.25, -0.2) is 0 Å². The molecule has 0 spiro atoms. The van der Waals surface area contributed by atoms with Gasteiger partial charge in [-0.2, -0.15) is 0 Å². The van der Waals surface area contributed by atoms with Crippen LogP contribution in [0.4, 0.5) is 0 Å². The highest BCUT2D eigenvalue weighted by Crippen LogP contribution is 2.54. The minimum Gasteiger partial charge on any atom is -0.103 e. The Labute approximate surface area is 191 Å². The molecule has 2 aliphatic rings. The molecular formula is C32H27. The standard InChI is InChI=1S/C32H27/c1-2-3-4-16-30(27-20-11-19-24-23-13-6-5-12-22(23)21-31(24)27)32-28-17-9-7-14-25(28)26-15-8-10-18-29(26)32/h2,5-9,11-15,17-20,30,32H,1,3-4,16,21H2. The molecule has 4 aromatic carbocycles. The molecule has 0 bridgehead atoms. The lowest BCUT2D eigenvalue weighted by atomic mass is 9.75. The van der Waals surface area contributed by atoms with E-state index in [4.69, 9.17) is 0 Å². The third-order valence-electron chi connectivity index (χ3n) is 7.43. The highest BCUT2D eigenvalue weighted by Gasteiger charge is 2.36. The van der Waals surface area contributed by atoms with Crippen molar-refractivity contribution >= 4 is 0 Å². The van der Waals surface area contributed by atoms with Crippen molar-refractivity contribution in [1.82, 2.24) is 0 Å². The Hall–Kier alpha value is -3.38. The maximum Gasteiger partial charge on any atom is 0.0171 e. The quantitative estimate of drug-likeness (QED) is 0.195. The molecule has 0 N–H and O–H groups in total. The van der Waals surface area contributed by atoms with Crippen LogP contribution < -0.4 is 0 Å². The Bertz CT molecular complexity index is 1260. The molecule has 155 valence electrons. The molecule has 0 aromatic heterocycles. The average Bonchev–Trinajstić information content (AvgIpc) is 3.38. The van der Waals surface area contributed by atoms with Crippen LogP contribution >= 0.6 is 0 Å². The second-order valence-corrected chi connectivity index (χ2v) is 9.11. The third kappa shape index (κ3) is 2.98. The number of rotatable bonds is 6. The molecule has 0 saturated carbocycles. The van der Waals surface area contributed by atoms with E-state index in [2.05, 4.69) is 104 Å². The molecular weight excluding hydrogens is 384 g/mol. The first-order valence-corrected chi connectivity index (χ1v) is 11.8. The zero-order chi connectivity index (χ0) is 21.5. The molecule has 2 aliphatic carbocycles. The molecule has 0 aliphatic heterocycles. The molecule has 0 nitrogen and oxygen atoms in total. The van der Waals surface area contributed by atoms with Gasteiger partial charge in [-0.1, -0.05) is 84.9 Å². The van der Waals surface area contributed by atoms with E-state index in [1.54, 1.807) is 0 Å². The summed E-state index contributed by atoms with van der Waals surface area (Å²) in [4.78, 5) is 0. The molecule has 32 heavy (non-hydrogen) atoms. The maximum absolute atomic E-state index is 3.98. The van der Waals surface area contributed by atoms with Crippen LogP contribution in [-0.4, -0.2) is 0 Å². The van der Waals surface area contributed by atoms with Gasteiger partial charge in [0.1, 0.15) is 0 Å². The summed E-state index contributed by atoms with van der Waals surface area (Å²) in [6, 6.07) is 34.8. The van der Waals surface area contributed by atoms with Crippen LogP contribution in [0.1, 0.15) is 58.9 Å². The fourth-order valence-corrected chi connectivity index (χ4v) is 6.07. The summed E-state index contributed by atoms with van der Waals surface area (Å²) < 4.78 is 0. The Kier molecular flexibility index (Phi) is 4.80. The molecule has 0 heteroatoms. The first kappa shape index (κ1) is 19.3. The van der Waals surface area contributed by atoms with E-state index < -0.39 is 0 Å². The van der Waals surface area contributed by atoms with E-state index in [0.717, 1.165) is 25.7 Å². The van der Waals surface area contributed by atoms with Crippen molar-refractivity contribution in [2.75, 3.05) is 0 Å². The van der Waals surface area contributed by atoms with Gasteiger partial charge in [0.2, 0.25) is 0 Å². The molecule has 0 heterocycles. The maximum atomic E-state index is 3.98. The molecule has 0 amide bonds. The highest BCUT2D eigenvalue weighted by molar-refractivity contribution is 5.81.